The highest BCUT2D eigenvalue weighted by atomic mass is 32.2. The SMILES string of the molecule is COc1ccc(NC(=S)NC2CCCCC2)c(S(=O)(=O)N2CCOCC2)c1. The van der Waals surface area contributed by atoms with E-state index in [0.717, 1.165) is 12.8 Å². The Balaban J connectivity index is 1.80. The number of anilines is 1. The van der Waals surface area contributed by atoms with Crippen molar-refractivity contribution in [3.05, 3.63) is 18.2 Å². The molecule has 0 unspecified atom stereocenters. The topological polar surface area (TPSA) is 79.9 Å². The van der Waals surface area contributed by atoms with Crippen LogP contribution < -0.4 is 15.4 Å². The van der Waals surface area contributed by atoms with Crippen LogP contribution in [0.5, 0.6) is 5.75 Å². The Bertz CT molecular complexity index is 758. The van der Waals surface area contributed by atoms with Gasteiger partial charge in [-0.2, -0.15) is 4.31 Å². The minimum absolute atomic E-state index is 0.163. The molecule has 7 nitrogen and oxygen atoms in total. The van der Waals surface area contributed by atoms with Crippen LogP contribution in [-0.4, -0.2) is 57.3 Å². The summed E-state index contributed by atoms with van der Waals surface area (Å²) in [7, 11) is -2.16. The minimum Gasteiger partial charge on any atom is -0.497 e. The number of morpholine rings is 1. The van der Waals surface area contributed by atoms with Gasteiger partial charge in [0.25, 0.3) is 0 Å². The molecule has 0 aromatic heterocycles. The number of methoxy groups -OCH3 is 1. The van der Waals surface area contributed by atoms with Crippen molar-refractivity contribution in [1.29, 1.82) is 0 Å². The summed E-state index contributed by atoms with van der Waals surface area (Å²) in [4.78, 5) is 0.163. The molecule has 1 saturated heterocycles. The van der Waals surface area contributed by atoms with Gasteiger partial charge in [-0.25, -0.2) is 8.42 Å². The third-order valence-corrected chi connectivity index (χ3v) is 7.12. The molecule has 3 rings (SSSR count). The first-order valence-corrected chi connectivity index (χ1v) is 11.2. The summed E-state index contributed by atoms with van der Waals surface area (Å²) < 4.78 is 38.3. The van der Waals surface area contributed by atoms with Crippen LogP contribution in [0.15, 0.2) is 23.1 Å². The highest BCUT2D eigenvalue weighted by Gasteiger charge is 2.29. The predicted octanol–water partition coefficient (Wildman–Crippen LogP) is 2.34. The average molecular weight is 414 g/mol. The normalized spacial score (nSPS) is 19.4. The average Bonchev–Trinajstić information content (AvgIpc) is 2.69. The molecule has 150 valence electrons. The highest BCUT2D eigenvalue weighted by Crippen LogP contribution is 2.29. The number of nitrogens with zero attached hydrogens (tertiary/aromatic N) is 1. The van der Waals surface area contributed by atoms with Gasteiger partial charge in [-0.3, -0.25) is 0 Å². The molecule has 2 fully saturated rings. The fourth-order valence-electron chi connectivity index (χ4n) is 3.46. The third kappa shape index (κ3) is 5.10. The molecule has 1 aliphatic carbocycles. The summed E-state index contributed by atoms with van der Waals surface area (Å²) in [6.07, 6.45) is 5.82. The Hall–Kier alpha value is -1.42. The molecular weight excluding hydrogens is 386 g/mol. The van der Waals surface area contributed by atoms with Crippen LogP contribution in [0.3, 0.4) is 0 Å². The van der Waals surface area contributed by atoms with Crippen LogP contribution in [0.1, 0.15) is 32.1 Å². The summed E-state index contributed by atoms with van der Waals surface area (Å²) in [5, 5.41) is 6.85. The number of ether oxygens (including phenoxy) is 2. The predicted molar refractivity (Wildman–Crippen MR) is 109 cm³/mol. The number of hydrogen-bond acceptors (Lipinski definition) is 5. The van der Waals surface area contributed by atoms with E-state index >= 15 is 0 Å². The maximum Gasteiger partial charge on any atom is 0.245 e. The molecule has 1 heterocycles. The number of thiocarbonyl (C=S) groups is 1. The van der Waals surface area contributed by atoms with Crippen molar-refractivity contribution in [2.75, 3.05) is 38.7 Å². The fourth-order valence-corrected chi connectivity index (χ4v) is 5.31. The molecule has 9 heteroatoms. The summed E-state index contributed by atoms with van der Waals surface area (Å²) in [5.74, 6) is 0.485. The van der Waals surface area contributed by atoms with Crippen LogP contribution in [0.25, 0.3) is 0 Å². The van der Waals surface area contributed by atoms with E-state index in [1.54, 1.807) is 12.1 Å². The first kappa shape index (κ1) is 20.3. The summed E-state index contributed by atoms with van der Waals surface area (Å²) in [5.41, 5.74) is 0.454. The molecule has 2 N–H and O–H groups in total. The molecule has 0 spiro atoms. The van der Waals surface area contributed by atoms with E-state index in [1.165, 1.54) is 36.7 Å². The van der Waals surface area contributed by atoms with E-state index in [9.17, 15) is 8.42 Å². The largest absolute Gasteiger partial charge is 0.497 e. The van der Waals surface area contributed by atoms with Gasteiger partial charge in [0.2, 0.25) is 10.0 Å². The standard InChI is InChI=1S/C18H27N3O4S2/c1-24-15-7-8-16(20-18(26)19-14-5-3-2-4-6-14)17(13-15)27(22,23)21-9-11-25-12-10-21/h7-8,13-14H,2-6,9-12H2,1H3,(H2,19,20,26). The van der Waals surface area contributed by atoms with E-state index in [-0.39, 0.29) is 4.90 Å². The number of nitrogens with one attached hydrogen (secondary N) is 2. The molecule has 1 aromatic rings. The molecule has 0 atom stereocenters. The van der Waals surface area contributed by atoms with Gasteiger partial charge in [-0.05, 0) is 37.2 Å². The van der Waals surface area contributed by atoms with Crippen molar-refractivity contribution < 1.29 is 17.9 Å². The Kier molecular flexibility index (Phi) is 6.91. The number of rotatable bonds is 5. The monoisotopic (exact) mass is 413 g/mol. The number of benzene rings is 1. The Morgan fingerprint density at radius 3 is 2.59 bits per heavy atom. The van der Waals surface area contributed by atoms with Gasteiger partial charge in [-0.15, -0.1) is 0 Å². The lowest BCUT2D eigenvalue weighted by Crippen LogP contribution is -2.41. The van der Waals surface area contributed by atoms with Gasteiger partial charge in [0.15, 0.2) is 5.11 Å². The van der Waals surface area contributed by atoms with Crippen molar-refractivity contribution in [2.45, 2.75) is 43.0 Å². The van der Waals surface area contributed by atoms with Gasteiger partial charge >= 0.3 is 0 Å². The zero-order valence-electron chi connectivity index (χ0n) is 15.6. The fraction of sp³-hybridized carbons (Fsp3) is 0.611. The Morgan fingerprint density at radius 1 is 1.22 bits per heavy atom. The second-order valence-electron chi connectivity index (χ2n) is 6.81. The zero-order valence-corrected chi connectivity index (χ0v) is 17.2. The van der Waals surface area contributed by atoms with Crippen LogP contribution >= 0.6 is 12.2 Å². The van der Waals surface area contributed by atoms with Gasteiger partial charge in [-0.1, -0.05) is 19.3 Å². The van der Waals surface area contributed by atoms with Gasteiger partial charge < -0.3 is 20.1 Å². The highest BCUT2D eigenvalue weighted by molar-refractivity contribution is 7.89. The van der Waals surface area contributed by atoms with Crippen LogP contribution in [-0.2, 0) is 14.8 Å². The lowest BCUT2D eigenvalue weighted by Gasteiger charge is -2.28. The molecule has 0 amide bonds. The molecule has 1 aromatic carbocycles. The van der Waals surface area contributed by atoms with E-state index in [2.05, 4.69) is 10.6 Å². The maximum absolute atomic E-state index is 13.2. The van der Waals surface area contributed by atoms with Crippen molar-refractivity contribution >= 4 is 33.0 Å². The number of sulfonamides is 1. The summed E-state index contributed by atoms with van der Waals surface area (Å²) >= 11 is 5.44. The smallest absolute Gasteiger partial charge is 0.245 e. The first-order valence-electron chi connectivity index (χ1n) is 9.34. The van der Waals surface area contributed by atoms with Crippen LogP contribution in [0, 0.1) is 0 Å². The Morgan fingerprint density at radius 2 is 1.93 bits per heavy atom. The van der Waals surface area contributed by atoms with Crippen molar-refractivity contribution in [3.8, 4) is 5.75 Å². The molecule has 0 radical (unpaired) electrons. The molecule has 2 aliphatic rings. The van der Waals surface area contributed by atoms with Crippen molar-refractivity contribution in [2.24, 2.45) is 0 Å². The second-order valence-corrected chi connectivity index (χ2v) is 9.13. The van der Waals surface area contributed by atoms with Crippen molar-refractivity contribution in [3.63, 3.8) is 0 Å². The summed E-state index contributed by atoms with van der Waals surface area (Å²) in [6.45, 7) is 1.47. The van der Waals surface area contributed by atoms with E-state index in [4.69, 9.17) is 21.7 Å². The summed E-state index contributed by atoms with van der Waals surface area (Å²) in [6, 6.07) is 5.30. The van der Waals surface area contributed by atoms with Crippen molar-refractivity contribution in [1.82, 2.24) is 9.62 Å². The van der Waals surface area contributed by atoms with E-state index < -0.39 is 10.0 Å². The molecular formula is C18H27N3O4S2. The quantitative estimate of drug-likeness (QED) is 0.717. The molecule has 1 aliphatic heterocycles. The molecule has 27 heavy (non-hydrogen) atoms. The third-order valence-electron chi connectivity index (χ3n) is 4.97. The minimum atomic E-state index is -3.68. The van der Waals surface area contributed by atoms with Gasteiger partial charge in [0.1, 0.15) is 10.6 Å². The van der Waals surface area contributed by atoms with Gasteiger partial charge in [0.05, 0.1) is 26.0 Å². The van der Waals surface area contributed by atoms with Gasteiger partial charge in [0, 0.05) is 25.2 Å². The van der Waals surface area contributed by atoms with E-state index in [1.807, 2.05) is 0 Å². The molecule has 1 saturated carbocycles. The zero-order chi connectivity index (χ0) is 19.3. The second kappa shape index (κ2) is 9.18. The van der Waals surface area contributed by atoms with E-state index in [0.29, 0.717) is 48.9 Å². The van der Waals surface area contributed by atoms with Crippen LogP contribution in [0.4, 0.5) is 5.69 Å². The Labute approximate surface area is 166 Å². The number of hydrogen-bond donors (Lipinski definition) is 2. The lowest BCUT2D eigenvalue weighted by atomic mass is 9.96. The maximum atomic E-state index is 13.2. The first-order chi connectivity index (χ1) is 13.0. The molecule has 0 bridgehead atoms. The van der Waals surface area contributed by atoms with Crippen LogP contribution in [0.2, 0.25) is 0 Å². The lowest BCUT2D eigenvalue weighted by molar-refractivity contribution is 0.0730.